The lowest BCUT2D eigenvalue weighted by molar-refractivity contribution is -0.864. The largest absolute Gasteiger partial charge is 0.544 e. The Bertz CT molecular complexity index is 402. The summed E-state index contributed by atoms with van der Waals surface area (Å²) < 4.78 is 5.35. The topological polar surface area (TPSA) is 98.8 Å². The molecule has 8 heteroatoms. The van der Waals surface area contributed by atoms with Gasteiger partial charge in [0.15, 0.2) is 6.17 Å². The molecule has 0 heterocycles. The molecule has 0 aliphatic carbocycles. The number of carbonyl (C=O) groups excluding carboxylic acids is 3. The molecule has 1 N–H and O–H groups in total. The van der Waals surface area contributed by atoms with Gasteiger partial charge in [0.1, 0.15) is 6.54 Å². The van der Waals surface area contributed by atoms with Crippen molar-refractivity contribution in [2.24, 2.45) is 0 Å². The van der Waals surface area contributed by atoms with Crippen LogP contribution in [0, 0.1) is 0 Å². The van der Waals surface area contributed by atoms with Crippen molar-refractivity contribution >= 4 is 17.8 Å². The number of esters is 1. The zero-order valence-corrected chi connectivity index (χ0v) is 14.9. The van der Waals surface area contributed by atoms with E-state index in [0.717, 1.165) is 12.5 Å². The lowest BCUT2D eigenvalue weighted by Crippen LogP contribution is -2.50. The lowest BCUT2D eigenvalue weighted by Gasteiger charge is -2.23. The first-order valence-corrected chi connectivity index (χ1v) is 7.20. The first-order chi connectivity index (χ1) is 10.4. The van der Waals surface area contributed by atoms with Crippen molar-refractivity contribution in [3.8, 4) is 0 Å². The average molecular weight is 331 g/mol. The van der Waals surface area contributed by atoms with E-state index in [9.17, 15) is 19.5 Å². The van der Waals surface area contributed by atoms with Gasteiger partial charge < -0.3 is 24.4 Å². The van der Waals surface area contributed by atoms with Gasteiger partial charge in [-0.05, 0) is 26.6 Å². The maximum absolute atomic E-state index is 11.5. The van der Waals surface area contributed by atoms with Crippen LogP contribution in [0.5, 0.6) is 0 Å². The Morgan fingerprint density at radius 2 is 1.83 bits per heavy atom. The summed E-state index contributed by atoms with van der Waals surface area (Å²) in [5, 5.41) is 12.4. The van der Waals surface area contributed by atoms with Crippen LogP contribution < -0.4 is 10.4 Å². The minimum atomic E-state index is -1.00. The minimum absolute atomic E-state index is 0.0694. The first kappa shape index (κ1) is 23.3. The molecule has 0 fully saturated rings. The Morgan fingerprint density at radius 3 is 2.09 bits per heavy atom. The molecule has 0 rings (SSSR count). The SMILES string of the molecule is C=CC(=O)NC(C(=O)OCCC)N(C)C.C[N+](C)(C)CC(=O)[O-]. The number of likely N-dealkylation sites (N-methyl/N-ethyl adjacent to an activating group) is 2. The molecule has 134 valence electrons. The Labute approximate surface area is 138 Å². The van der Waals surface area contributed by atoms with Gasteiger partial charge in [0, 0.05) is 0 Å². The molecule has 0 spiro atoms. The van der Waals surface area contributed by atoms with E-state index in [2.05, 4.69) is 11.9 Å². The van der Waals surface area contributed by atoms with E-state index in [-0.39, 0.29) is 6.54 Å². The summed E-state index contributed by atoms with van der Waals surface area (Å²) in [4.78, 5) is 34.0. The minimum Gasteiger partial charge on any atom is -0.544 e. The summed E-state index contributed by atoms with van der Waals surface area (Å²) in [7, 11) is 8.77. The number of quaternary nitrogens is 1. The van der Waals surface area contributed by atoms with Crippen LogP contribution in [0.1, 0.15) is 13.3 Å². The zero-order valence-electron chi connectivity index (χ0n) is 14.9. The second-order valence-electron chi connectivity index (χ2n) is 6.07. The molecule has 0 aromatic rings. The molecule has 0 aliphatic heterocycles. The van der Waals surface area contributed by atoms with Gasteiger partial charge in [0.2, 0.25) is 5.91 Å². The van der Waals surface area contributed by atoms with Crippen LogP contribution in [0.2, 0.25) is 0 Å². The van der Waals surface area contributed by atoms with Crippen LogP contribution >= 0.6 is 0 Å². The lowest BCUT2D eigenvalue weighted by atomic mass is 10.4. The number of amides is 1. The molecule has 0 aromatic carbocycles. The van der Waals surface area contributed by atoms with Gasteiger partial charge in [-0.15, -0.1) is 0 Å². The highest BCUT2D eigenvalue weighted by Gasteiger charge is 2.23. The fourth-order valence-corrected chi connectivity index (χ4v) is 1.26. The van der Waals surface area contributed by atoms with Crippen molar-refractivity contribution in [2.75, 3.05) is 48.4 Å². The third-order valence-corrected chi connectivity index (χ3v) is 2.26. The number of nitrogens with one attached hydrogen (secondary N) is 1. The van der Waals surface area contributed by atoms with Crippen molar-refractivity contribution in [2.45, 2.75) is 19.5 Å². The van der Waals surface area contributed by atoms with Crippen molar-refractivity contribution in [3.63, 3.8) is 0 Å². The van der Waals surface area contributed by atoms with Crippen molar-refractivity contribution < 1.29 is 28.7 Å². The molecule has 0 aromatic heterocycles. The van der Waals surface area contributed by atoms with Crippen LogP contribution in [-0.4, -0.2) is 81.8 Å². The number of carbonyl (C=O) groups is 3. The molecule has 0 radical (unpaired) electrons. The molecule has 0 aliphatic rings. The fraction of sp³-hybridized carbons (Fsp3) is 0.667. The molecular weight excluding hydrogens is 302 g/mol. The summed E-state index contributed by atoms with van der Waals surface area (Å²) in [5.41, 5.74) is 0. The molecule has 1 amide bonds. The van der Waals surface area contributed by atoms with E-state index in [4.69, 9.17) is 4.74 Å². The second kappa shape index (κ2) is 11.6. The van der Waals surface area contributed by atoms with Crippen LogP contribution in [0.25, 0.3) is 0 Å². The summed E-state index contributed by atoms with van der Waals surface area (Å²) in [6.45, 7) is 5.64. The molecule has 0 bridgehead atoms. The van der Waals surface area contributed by atoms with Gasteiger partial charge in [-0.2, -0.15) is 0 Å². The Morgan fingerprint density at radius 1 is 1.30 bits per heavy atom. The van der Waals surface area contributed by atoms with Gasteiger partial charge in [-0.3, -0.25) is 9.69 Å². The Kier molecular flexibility index (Phi) is 11.8. The predicted molar refractivity (Wildman–Crippen MR) is 85.0 cm³/mol. The zero-order chi connectivity index (χ0) is 18.6. The third kappa shape index (κ3) is 14.8. The Hall–Kier alpha value is -1.93. The van der Waals surface area contributed by atoms with E-state index < -0.39 is 24.0 Å². The van der Waals surface area contributed by atoms with Crippen LogP contribution in [0.3, 0.4) is 0 Å². The molecular formula is C15H29N3O5. The summed E-state index contributed by atoms with van der Waals surface area (Å²) >= 11 is 0. The standard InChI is InChI=1S/C10H18N2O3.C5H11NO2/c1-5-7-15-10(14)9(12(3)4)11-8(13)6-2;1-6(2,3)4-5(7)8/h6,9H,2,5,7H2,1,3-4H3,(H,11,13);4H2,1-3H3. The van der Waals surface area contributed by atoms with E-state index in [1.165, 1.54) is 0 Å². The van der Waals surface area contributed by atoms with Crippen LogP contribution in [-0.2, 0) is 19.1 Å². The molecule has 1 atom stereocenters. The smallest absolute Gasteiger partial charge is 0.344 e. The second-order valence-corrected chi connectivity index (χ2v) is 6.07. The highest BCUT2D eigenvalue weighted by atomic mass is 16.5. The highest BCUT2D eigenvalue weighted by molar-refractivity contribution is 5.90. The van der Waals surface area contributed by atoms with Crippen molar-refractivity contribution in [1.29, 1.82) is 0 Å². The van der Waals surface area contributed by atoms with Gasteiger partial charge in [-0.25, -0.2) is 4.79 Å². The molecule has 23 heavy (non-hydrogen) atoms. The monoisotopic (exact) mass is 331 g/mol. The van der Waals surface area contributed by atoms with Crippen molar-refractivity contribution in [1.82, 2.24) is 10.2 Å². The normalized spacial score (nSPS) is 11.8. The van der Waals surface area contributed by atoms with Crippen LogP contribution in [0.4, 0.5) is 0 Å². The maximum atomic E-state index is 11.5. The van der Waals surface area contributed by atoms with E-state index in [1.54, 1.807) is 40.1 Å². The maximum Gasteiger partial charge on any atom is 0.344 e. The predicted octanol–water partition coefficient (Wildman–Crippen LogP) is -1.43. The number of hydrogen-bond donors (Lipinski definition) is 1. The number of carboxylic acid groups (broad SMARTS) is 1. The number of ether oxygens (including phenoxy) is 1. The van der Waals surface area contributed by atoms with Gasteiger partial charge in [0.05, 0.1) is 33.7 Å². The van der Waals surface area contributed by atoms with Gasteiger partial charge >= 0.3 is 5.97 Å². The molecule has 0 saturated carbocycles. The number of aliphatic carboxylic acids is 1. The van der Waals surface area contributed by atoms with Crippen molar-refractivity contribution in [3.05, 3.63) is 12.7 Å². The number of hydrogen-bond acceptors (Lipinski definition) is 6. The molecule has 8 nitrogen and oxygen atoms in total. The number of carboxylic acids is 1. The first-order valence-electron chi connectivity index (χ1n) is 7.20. The number of rotatable bonds is 8. The number of nitrogens with zero attached hydrogens (tertiary/aromatic N) is 2. The molecule has 1 unspecified atom stereocenters. The van der Waals surface area contributed by atoms with E-state index >= 15 is 0 Å². The fourth-order valence-electron chi connectivity index (χ4n) is 1.26. The summed E-state index contributed by atoms with van der Waals surface area (Å²) in [6, 6.07) is 0. The van der Waals surface area contributed by atoms with Crippen LogP contribution in [0.15, 0.2) is 12.7 Å². The van der Waals surface area contributed by atoms with E-state index in [1.807, 2.05) is 6.92 Å². The summed E-state index contributed by atoms with van der Waals surface area (Å²) in [5.74, 6) is -1.86. The average Bonchev–Trinajstić information content (AvgIpc) is 2.39. The van der Waals surface area contributed by atoms with Gasteiger partial charge in [0.25, 0.3) is 0 Å². The molecule has 0 saturated heterocycles. The highest BCUT2D eigenvalue weighted by Crippen LogP contribution is 1.94. The third-order valence-electron chi connectivity index (χ3n) is 2.26. The Balaban J connectivity index is 0. The van der Waals surface area contributed by atoms with E-state index in [0.29, 0.717) is 11.1 Å². The quantitative estimate of drug-likeness (QED) is 0.253. The summed E-state index contributed by atoms with van der Waals surface area (Å²) in [6.07, 6.45) is 1.10. The van der Waals surface area contributed by atoms with Gasteiger partial charge in [-0.1, -0.05) is 13.5 Å².